The number of hydrogen-bond donors (Lipinski definition) is 3. The van der Waals surface area contributed by atoms with E-state index in [-0.39, 0.29) is 0 Å². The Hall–Kier alpha value is -2.54. The Morgan fingerprint density at radius 2 is 2.08 bits per heavy atom. The van der Waals surface area contributed by atoms with Crippen LogP contribution in [0.3, 0.4) is 0 Å². The standard InChI is InChI=1S/C17H23N5O2/c1-10-15(16(18)22-17(19-2)21-10)12-4-5-13(23-3)14(6-12)24-9-11-7-20-8-11/h4-6,11,20H,7-9H2,1-3H3,(H3,18,19,21,22). The summed E-state index contributed by atoms with van der Waals surface area (Å²) < 4.78 is 11.4. The van der Waals surface area contributed by atoms with Crippen LogP contribution in [0, 0.1) is 12.8 Å². The van der Waals surface area contributed by atoms with Gasteiger partial charge >= 0.3 is 0 Å². The number of hydrogen-bond acceptors (Lipinski definition) is 7. The minimum Gasteiger partial charge on any atom is -0.493 e. The van der Waals surface area contributed by atoms with Crippen LogP contribution in [0.15, 0.2) is 18.2 Å². The summed E-state index contributed by atoms with van der Waals surface area (Å²) in [6.45, 7) is 4.57. The predicted octanol–water partition coefficient (Wildman–Crippen LogP) is 1.68. The molecule has 1 aliphatic rings. The summed E-state index contributed by atoms with van der Waals surface area (Å²) in [5, 5.41) is 6.15. The first kappa shape index (κ1) is 16.3. The van der Waals surface area contributed by atoms with Crippen molar-refractivity contribution in [3.63, 3.8) is 0 Å². The molecule has 3 rings (SSSR count). The maximum atomic E-state index is 6.13. The monoisotopic (exact) mass is 329 g/mol. The van der Waals surface area contributed by atoms with Gasteiger partial charge in [0, 0.05) is 31.6 Å². The molecule has 0 atom stereocenters. The lowest BCUT2D eigenvalue weighted by atomic mass is 10.0. The molecular formula is C17H23N5O2. The Kier molecular flexibility index (Phi) is 4.71. The van der Waals surface area contributed by atoms with Crippen LogP contribution in [-0.4, -0.2) is 43.8 Å². The second-order valence-electron chi connectivity index (χ2n) is 5.84. The van der Waals surface area contributed by atoms with Crippen LogP contribution in [-0.2, 0) is 0 Å². The molecule has 0 unspecified atom stereocenters. The quantitative estimate of drug-likeness (QED) is 0.742. The van der Waals surface area contributed by atoms with E-state index in [1.165, 1.54) is 0 Å². The third-order valence-electron chi connectivity index (χ3n) is 4.13. The number of benzene rings is 1. The van der Waals surface area contributed by atoms with E-state index in [2.05, 4.69) is 20.6 Å². The van der Waals surface area contributed by atoms with Crippen LogP contribution < -0.4 is 25.8 Å². The molecule has 0 bridgehead atoms. The van der Waals surface area contributed by atoms with E-state index in [9.17, 15) is 0 Å². The van der Waals surface area contributed by atoms with E-state index in [1.54, 1.807) is 14.2 Å². The second kappa shape index (κ2) is 6.92. The van der Waals surface area contributed by atoms with Gasteiger partial charge in [0.2, 0.25) is 5.95 Å². The summed E-state index contributed by atoms with van der Waals surface area (Å²) in [7, 11) is 3.40. The van der Waals surface area contributed by atoms with Gasteiger partial charge in [0.15, 0.2) is 11.5 Å². The highest BCUT2D eigenvalue weighted by molar-refractivity contribution is 5.78. The number of nitrogens with two attached hydrogens (primary N) is 1. The number of nitrogen functional groups attached to an aromatic ring is 1. The van der Waals surface area contributed by atoms with Crippen LogP contribution in [0.2, 0.25) is 0 Å². The number of aryl methyl sites for hydroxylation is 1. The Labute approximate surface area is 141 Å². The normalized spacial score (nSPS) is 14.1. The zero-order valence-electron chi connectivity index (χ0n) is 14.2. The van der Waals surface area contributed by atoms with Gasteiger partial charge < -0.3 is 25.8 Å². The molecular weight excluding hydrogens is 306 g/mol. The summed E-state index contributed by atoms with van der Waals surface area (Å²) in [6, 6.07) is 5.76. The summed E-state index contributed by atoms with van der Waals surface area (Å²) in [4.78, 5) is 8.69. The van der Waals surface area contributed by atoms with Gasteiger partial charge in [-0.25, -0.2) is 4.98 Å². The molecule has 0 aliphatic carbocycles. The maximum Gasteiger partial charge on any atom is 0.224 e. The molecule has 2 aromatic rings. The number of methoxy groups -OCH3 is 1. The van der Waals surface area contributed by atoms with Crippen molar-refractivity contribution < 1.29 is 9.47 Å². The first-order valence-electron chi connectivity index (χ1n) is 7.96. The molecule has 1 fully saturated rings. The Morgan fingerprint density at radius 3 is 2.67 bits per heavy atom. The third kappa shape index (κ3) is 3.21. The zero-order chi connectivity index (χ0) is 17.1. The van der Waals surface area contributed by atoms with Crippen LogP contribution in [0.25, 0.3) is 11.1 Å². The fourth-order valence-corrected chi connectivity index (χ4v) is 2.68. The summed E-state index contributed by atoms with van der Waals surface area (Å²) in [6.07, 6.45) is 0. The molecule has 2 heterocycles. The SMILES string of the molecule is CNc1nc(C)c(-c2ccc(OC)c(OCC3CNC3)c2)c(N)n1. The van der Waals surface area contributed by atoms with Crippen molar-refractivity contribution in [3.8, 4) is 22.6 Å². The topological polar surface area (TPSA) is 94.3 Å². The molecule has 24 heavy (non-hydrogen) atoms. The first-order chi connectivity index (χ1) is 11.6. The third-order valence-corrected chi connectivity index (χ3v) is 4.13. The lowest BCUT2D eigenvalue weighted by Crippen LogP contribution is -2.45. The lowest BCUT2D eigenvalue weighted by Gasteiger charge is -2.27. The summed E-state index contributed by atoms with van der Waals surface area (Å²) in [5.74, 6) is 2.90. The average molecular weight is 329 g/mol. The molecule has 7 heteroatoms. The number of aromatic nitrogens is 2. The highest BCUT2D eigenvalue weighted by Crippen LogP contribution is 2.36. The number of rotatable bonds is 6. The smallest absolute Gasteiger partial charge is 0.224 e. The Balaban J connectivity index is 1.93. The van der Waals surface area contributed by atoms with Crippen molar-refractivity contribution in [1.29, 1.82) is 0 Å². The minimum absolute atomic E-state index is 0.436. The van der Waals surface area contributed by atoms with Crippen molar-refractivity contribution in [2.75, 3.05) is 44.9 Å². The molecule has 4 N–H and O–H groups in total. The molecule has 0 saturated carbocycles. The molecule has 128 valence electrons. The van der Waals surface area contributed by atoms with E-state index in [1.807, 2.05) is 25.1 Å². The second-order valence-corrected chi connectivity index (χ2v) is 5.84. The van der Waals surface area contributed by atoms with Crippen molar-refractivity contribution in [2.24, 2.45) is 5.92 Å². The van der Waals surface area contributed by atoms with Crippen molar-refractivity contribution in [3.05, 3.63) is 23.9 Å². The summed E-state index contributed by atoms with van der Waals surface area (Å²) in [5.41, 5.74) is 8.67. The maximum absolute atomic E-state index is 6.13. The van der Waals surface area contributed by atoms with Gasteiger partial charge in [-0.05, 0) is 24.6 Å². The fraction of sp³-hybridized carbons (Fsp3) is 0.412. The molecule has 1 saturated heterocycles. The van der Waals surface area contributed by atoms with Crippen molar-refractivity contribution in [2.45, 2.75) is 6.92 Å². The van der Waals surface area contributed by atoms with E-state index in [0.717, 1.165) is 29.9 Å². The highest BCUT2D eigenvalue weighted by Gasteiger charge is 2.19. The molecule has 0 amide bonds. The Morgan fingerprint density at radius 1 is 1.29 bits per heavy atom. The largest absolute Gasteiger partial charge is 0.493 e. The minimum atomic E-state index is 0.436. The summed E-state index contributed by atoms with van der Waals surface area (Å²) >= 11 is 0. The highest BCUT2D eigenvalue weighted by atomic mass is 16.5. The van der Waals surface area contributed by atoms with Gasteiger partial charge in [0.1, 0.15) is 5.82 Å². The van der Waals surface area contributed by atoms with E-state index >= 15 is 0 Å². The van der Waals surface area contributed by atoms with Crippen molar-refractivity contribution in [1.82, 2.24) is 15.3 Å². The van der Waals surface area contributed by atoms with E-state index < -0.39 is 0 Å². The predicted molar refractivity (Wildman–Crippen MR) is 94.6 cm³/mol. The van der Waals surface area contributed by atoms with Gasteiger partial charge in [0.05, 0.1) is 19.4 Å². The molecule has 7 nitrogen and oxygen atoms in total. The molecule has 0 radical (unpaired) electrons. The average Bonchev–Trinajstić information content (AvgIpc) is 2.53. The van der Waals surface area contributed by atoms with Gasteiger partial charge in [-0.1, -0.05) is 6.07 Å². The first-order valence-corrected chi connectivity index (χ1v) is 7.96. The van der Waals surface area contributed by atoms with Crippen LogP contribution in [0.1, 0.15) is 5.69 Å². The van der Waals surface area contributed by atoms with Gasteiger partial charge in [-0.15, -0.1) is 0 Å². The molecule has 1 aromatic carbocycles. The molecule has 1 aromatic heterocycles. The van der Waals surface area contributed by atoms with Crippen LogP contribution >= 0.6 is 0 Å². The van der Waals surface area contributed by atoms with E-state index in [0.29, 0.717) is 35.8 Å². The van der Waals surface area contributed by atoms with Gasteiger partial charge in [-0.2, -0.15) is 4.98 Å². The fourth-order valence-electron chi connectivity index (χ4n) is 2.68. The number of nitrogens with zero attached hydrogens (tertiary/aromatic N) is 2. The van der Waals surface area contributed by atoms with Crippen LogP contribution in [0.5, 0.6) is 11.5 Å². The molecule has 1 aliphatic heterocycles. The lowest BCUT2D eigenvalue weighted by molar-refractivity contribution is 0.193. The van der Waals surface area contributed by atoms with Gasteiger partial charge in [-0.3, -0.25) is 0 Å². The Bertz CT molecular complexity index is 708. The molecule has 0 spiro atoms. The number of anilines is 2. The number of nitrogens with one attached hydrogen (secondary N) is 2. The van der Waals surface area contributed by atoms with E-state index in [4.69, 9.17) is 15.2 Å². The number of ether oxygens (including phenoxy) is 2. The van der Waals surface area contributed by atoms with Crippen LogP contribution in [0.4, 0.5) is 11.8 Å². The van der Waals surface area contributed by atoms with Crippen molar-refractivity contribution >= 4 is 11.8 Å². The zero-order valence-corrected chi connectivity index (χ0v) is 14.2. The van der Waals surface area contributed by atoms with Gasteiger partial charge in [0.25, 0.3) is 0 Å².